The Hall–Kier alpha value is -3.32. The van der Waals surface area contributed by atoms with Crippen molar-refractivity contribution in [2.24, 2.45) is 5.73 Å². The fourth-order valence-corrected chi connectivity index (χ4v) is 4.67. The molecular weight excluding hydrogens is 390 g/mol. The summed E-state index contributed by atoms with van der Waals surface area (Å²) in [5.74, 6) is -0.145. The number of allylic oxidation sites excluding steroid dienone is 1. The lowest BCUT2D eigenvalue weighted by Crippen LogP contribution is -2.42. The number of nitrogen functional groups attached to an aromatic ring is 1. The van der Waals surface area contributed by atoms with Crippen molar-refractivity contribution in [2.45, 2.75) is 51.6 Å². The predicted molar refractivity (Wildman–Crippen MR) is 120 cm³/mol. The number of aromatic hydroxyl groups is 1. The fourth-order valence-electron chi connectivity index (χ4n) is 4.67. The first-order chi connectivity index (χ1) is 14.8. The number of amidine groups is 1. The molecule has 1 unspecified atom stereocenters. The van der Waals surface area contributed by atoms with E-state index in [1.807, 2.05) is 6.07 Å². The number of rotatable bonds is 6. The van der Waals surface area contributed by atoms with Gasteiger partial charge in [-0.15, -0.1) is 0 Å². The summed E-state index contributed by atoms with van der Waals surface area (Å²) >= 11 is 0. The molecule has 1 aliphatic carbocycles. The van der Waals surface area contributed by atoms with E-state index in [0.717, 1.165) is 24.0 Å². The number of benzene rings is 2. The molecule has 2 aliphatic rings. The number of phenolic OH excluding ortho intramolecular Hbond substituents is 1. The van der Waals surface area contributed by atoms with Gasteiger partial charge in [0.1, 0.15) is 11.6 Å². The molecule has 2 aromatic rings. The molecular formula is C24H29N5O2. The second kappa shape index (κ2) is 8.07. The quantitative estimate of drug-likeness (QED) is 0.317. The van der Waals surface area contributed by atoms with Crippen LogP contribution in [0.5, 0.6) is 5.75 Å². The van der Waals surface area contributed by atoms with Crippen LogP contribution in [0.25, 0.3) is 0 Å². The van der Waals surface area contributed by atoms with Gasteiger partial charge in [-0.1, -0.05) is 18.2 Å². The normalized spacial score (nSPS) is 19.8. The van der Waals surface area contributed by atoms with Gasteiger partial charge < -0.3 is 21.6 Å². The first kappa shape index (κ1) is 20.9. The Labute approximate surface area is 182 Å². The number of nitrogens with one attached hydrogen (secondary N) is 4. The lowest BCUT2D eigenvalue weighted by molar-refractivity contribution is -0.120. The number of hydrogen-bond acceptors (Lipinski definition) is 5. The van der Waals surface area contributed by atoms with Gasteiger partial charge >= 0.3 is 0 Å². The Kier molecular flexibility index (Phi) is 5.45. The van der Waals surface area contributed by atoms with Crippen LogP contribution in [0.4, 0.5) is 0 Å². The van der Waals surface area contributed by atoms with E-state index in [0.29, 0.717) is 11.1 Å². The number of carbonyl (C=O) groups excluding carboxylic acids is 1. The van der Waals surface area contributed by atoms with Crippen LogP contribution in [0.15, 0.2) is 47.7 Å². The highest BCUT2D eigenvalue weighted by molar-refractivity contribution is 5.95. The zero-order valence-electron chi connectivity index (χ0n) is 17.9. The van der Waals surface area contributed by atoms with Crippen molar-refractivity contribution in [2.75, 3.05) is 0 Å². The minimum absolute atomic E-state index is 0.0667. The van der Waals surface area contributed by atoms with Gasteiger partial charge in [-0.25, -0.2) is 5.43 Å². The van der Waals surface area contributed by atoms with Crippen molar-refractivity contribution in [1.29, 1.82) is 5.41 Å². The molecule has 7 nitrogen and oxygen atoms in total. The molecule has 0 bridgehead atoms. The third kappa shape index (κ3) is 4.01. The Morgan fingerprint density at radius 2 is 2.06 bits per heavy atom. The van der Waals surface area contributed by atoms with E-state index in [1.165, 1.54) is 29.3 Å². The van der Waals surface area contributed by atoms with Crippen LogP contribution >= 0.6 is 0 Å². The molecule has 4 rings (SSSR count). The van der Waals surface area contributed by atoms with Gasteiger partial charge in [-0.2, -0.15) is 0 Å². The zero-order valence-corrected chi connectivity index (χ0v) is 17.9. The summed E-state index contributed by atoms with van der Waals surface area (Å²) < 4.78 is 0. The maximum atomic E-state index is 12.5. The first-order valence-corrected chi connectivity index (χ1v) is 10.6. The van der Waals surface area contributed by atoms with Gasteiger partial charge in [-0.3, -0.25) is 10.2 Å². The Morgan fingerprint density at radius 1 is 1.26 bits per heavy atom. The van der Waals surface area contributed by atoms with E-state index >= 15 is 0 Å². The molecule has 1 heterocycles. The minimum atomic E-state index is -0.212. The number of aryl methyl sites for hydroxylation is 1. The Balaban J connectivity index is 1.42. The lowest BCUT2D eigenvalue weighted by Gasteiger charge is -2.30. The predicted octanol–water partition coefficient (Wildman–Crippen LogP) is 2.60. The fraction of sp³-hybridized carbons (Fsp3) is 0.333. The Morgan fingerprint density at radius 3 is 2.81 bits per heavy atom. The number of amides is 1. The van der Waals surface area contributed by atoms with Crippen LogP contribution in [-0.2, 0) is 23.3 Å². The number of hydrogen-bond donors (Lipinski definition) is 6. The van der Waals surface area contributed by atoms with Crippen LogP contribution in [0.1, 0.15) is 54.0 Å². The number of carbonyl (C=O) groups is 1. The second-order valence-electron chi connectivity index (χ2n) is 8.55. The van der Waals surface area contributed by atoms with E-state index in [4.69, 9.17) is 11.1 Å². The summed E-state index contributed by atoms with van der Waals surface area (Å²) in [6.45, 7) is 4.47. The highest BCUT2D eigenvalue weighted by Gasteiger charge is 2.40. The molecule has 0 fully saturated rings. The molecule has 1 aliphatic heterocycles. The third-order valence-electron chi connectivity index (χ3n) is 6.35. The Bertz CT molecular complexity index is 1090. The summed E-state index contributed by atoms with van der Waals surface area (Å²) in [6.07, 6.45) is 3.65. The lowest BCUT2D eigenvalue weighted by atomic mass is 9.82. The molecule has 0 aromatic heterocycles. The SMILES string of the molecule is Cc1cc(CC(=O)NCc2cc(C(=N)N)ccc2O)ccc1C1(C)NNC2=C1CCC2. The highest BCUT2D eigenvalue weighted by atomic mass is 16.3. The molecule has 0 saturated carbocycles. The maximum absolute atomic E-state index is 12.5. The molecule has 162 valence electrons. The molecule has 0 saturated heterocycles. The summed E-state index contributed by atoms with van der Waals surface area (Å²) in [5, 5.41) is 20.4. The number of nitrogens with two attached hydrogens (primary N) is 1. The summed E-state index contributed by atoms with van der Waals surface area (Å²) in [4.78, 5) is 12.5. The van der Waals surface area contributed by atoms with Crippen molar-refractivity contribution in [3.05, 3.63) is 75.5 Å². The molecule has 1 amide bonds. The zero-order chi connectivity index (χ0) is 22.2. The third-order valence-corrected chi connectivity index (χ3v) is 6.35. The van der Waals surface area contributed by atoms with Crippen LogP contribution in [0.3, 0.4) is 0 Å². The van der Waals surface area contributed by atoms with E-state index < -0.39 is 0 Å². The van der Waals surface area contributed by atoms with Gasteiger partial charge in [0.2, 0.25) is 5.91 Å². The van der Waals surface area contributed by atoms with Crippen LogP contribution in [-0.4, -0.2) is 16.8 Å². The smallest absolute Gasteiger partial charge is 0.224 e. The van der Waals surface area contributed by atoms with Gasteiger partial charge in [0.15, 0.2) is 0 Å². The molecule has 7 heteroatoms. The summed E-state index contributed by atoms with van der Waals surface area (Å²) in [5.41, 5.74) is 19.2. The topological polar surface area (TPSA) is 123 Å². The molecule has 2 aromatic carbocycles. The summed E-state index contributed by atoms with van der Waals surface area (Å²) in [6, 6.07) is 10.9. The number of phenols is 1. The molecule has 31 heavy (non-hydrogen) atoms. The summed E-state index contributed by atoms with van der Waals surface area (Å²) in [7, 11) is 0. The van der Waals surface area contributed by atoms with Crippen molar-refractivity contribution < 1.29 is 9.90 Å². The highest BCUT2D eigenvalue weighted by Crippen LogP contribution is 2.43. The maximum Gasteiger partial charge on any atom is 0.224 e. The van der Waals surface area contributed by atoms with E-state index in [9.17, 15) is 9.90 Å². The molecule has 7 N–H and O–H groups in total. The largest absolute Gasteiger partial charge is 0.508 e. The standard InChI is InChI=1S/C24H29N5O2/c1-14-10-15(6-8-18(14)24(2)19-4-3-5-20(19)28-29-24)11-22(31)27-13-17-12-16(23(25)26)7-9-21(17)30/h6-10,12,28-30H,3-5,11,13H2,1-2H3,(H3,25,26)(H,27,31). The molecule has 0 radical (unpaired) electrons. The van der Waals surface area contributed by atoms with E-state index in [-0.39, 0.29) is 36.0 Å². The first-order valence-electron chi connectivity index (χ1n) is 10.6. The average molecular weight is 420 g/mol. The van der Waals surface area contributed by atoms with Crippen molar-refractivity contribution >= 4 is 11.7 Å². The van der Waals surface area contributed by atoms with Crippen molar-refractivity contribution in [1.82, 2.24) is 16.2 Å². The second-order valence-corrected chi connectivity index (χ2v) is 8.55. The van der Waals surface area contributed by atoms with E-state index in [1.54, 1.807) is 12.1 Å². The monoisotopic (exact) mass is 419 g/mol. The van der Waals surface area contributed by atoms with Crippen molar-refractivity contribution in [3.63, 3.8) is 0 Å². The van der Waals surface area contributed by atoms with Gasteiger partial charge in [-0.05, 0) is 73.6 Å². The van der Waals surface area contributed by atoms with Crippen LogP contribution < -0.4 is 21.9 Å². The van der Waals surface area contributed by atoms with Crippen molar-refractivity contribution in [3.8, 4) is 5.75 Å². The molecule has 1 atom stereocenters. The molecule has 0 spiro atoms. The van der Waals surface area contributed by atoms with Gasteiger partial charge in [0.05, 0.1) is 12.0 Å². The van der Waals surface area contributed by atoms with Crippen LogP contribution in [0.2, 0.25) is 0 Å². The van der Waals surface area contributed by atoms with Gasteiger partial charge in [0.25, 0.3) is 0 Å². The number of hydrazine groups is 1. The van der Waals surface area contributed by atoms with E-state index in [2.05, 4.69) is 42.1 Å². The van der Waals surface area contributed by atoms with Crippen LogP contribution in [0, 0.1) is 12.3 Å². The average Bonchev–Trinajstić information content (AvgIpc) is 3.32. The van der Waals surface area contributed by atoms with Gasteiger partial charge in [0, 0.05) is 23.4 Å². The minimum Gasteiger partial charge on any atom is -0.508 e.